The first kappa shape index (κ1) is 69.6. The number of rotatable bonds is 13. The first-order valence-electron chi connectivity index (χ1n) is 41.7. The maximum atomic E-state index is 8.31. The summed E-state index contributed by atoms with van der Waals surface area (Å²) in [5, 5.41) is 2.38. The standard InChI is InChI=1S/C114H73B2N3O2/c1-9-33-74(34-10-1)82-49-29-51-85(65-82)92-57-32-58-93(86-52-30-50-83(66-86)75-35-11-2-12-36-75)112(92)118-102-72-89(117-100-59-27-25-53-94(100)95-54-26-28-60-101(95)117)62-63-97(102)116-108-103(118)70-88(78-41-17-5-18-42-78)71-104(108)119(111-90(79-43-19-6-20-44-79)55-31-56-91(111)80-45-21-7-22-46-80)105-73-107-110-114(109(105)116)120-106-64-61-84(76-37-13-3-14-38-76)68-98(106)115(110)99-69-87(77-39-15-4-16-40-77)67-96(113(99)121-107)81-47-23-8-24-48-81/h1-73H. The molecule has 7 heteroatoms. The van der Waals surface area contributed by atoms with Crippen molar-refractivity contribution in [3.05, 3.63) is 443 Å². The predicted molar refractivity (Wildman–Crippen MR) is 507 cm³/mol. The third kappa shape index (κ3) is 11.5. The van der Waals surface area contributed by atoms with E-state index in [1.165, 1.54) is 10.8 Å². The van der Waals surface area contributed by atoms with E-state index in [4.69, 9.17) is 9.47 Å². The van der Waals surface area contributed by atoms with Gasteiger partial charge in [0.25, 0.3) is 13.4 Å². The largest absolute Gasteiger partial charge is 0.459 e. The maximum absolute atomic E-state index is 8.31. The first-order valence-corrected chi connectivity index (χ1v) is 41.7. The summed E-state index contributed by atoms with van der Waals surface area (Å²) in [5.74, 6) is 3.10. The highest BCUT2D eigenvalue weighted by Crippen LogP contribution is 2.57. The Balaban J connectivity index is 0.879. The van der Waals surface area contributed by atoms with Crippen molar-refractivity contribution < 1.29 is 9.47 Å². The molecule has 0 N–H and O–H groups in total. The number of hydrogen-bond acceptors (Lipinski definition) is 4. The monoisotopic (exact) mass is 1540 g/mol. The second-order valence-electron chi connectivity index (χ2n) is 32.0. The van der Waals surface area contributed by atoms with Crippen molar-refractivity contribution in [2.75, 3.05) is 9.80 Å². The average Bonchev–Trinajstić information content (AvgIpc) is 0.748. The molecule has 0 spiro atoms. The van der Waals surface area contributed by atoms with Crippen LogP contribution >= 0.6 is 0 Å². The minimum absolute atomic E-state index is 0.395. The van der Waals surface area contributed by atoms with Gasteiger partial charge in [0.15, 0.2) is 0 Å². The Hall–Kier alpha value is -15.7. The van der Waals surface area contributed by atoms with Gasteiger partial charge in [-0.1, -0.05) is 376 Å². The van der Waals surface area contributed by atoms with Crippen LogP contribution < -0.4 is 52.1 Å². The zero-order valence-corrected chi connectivity index (χ0v) is 66.0. The topological polar surface area (TPSA) is 29.9 Å². The van der Waals surface area contributed by atoms with E-state index in [2.05, 4.69) is 457 Å². The fourth-order valence-electron chi connectivity index (χ4n) is 19.9. The van der Waals surface area contributed by atoms with Crippen LogP contribution in [0.15, 0.2) is 443 Å². The van der Waals surface area contributed by atoms with Gasteiger partial charge < -0.3 is 23.8 Å². The van der Waals surface area contributed by atoms with E-state index in [1.54, 1.807) is 0 Å². The highest BCUT2D eigenvalue weighted by Gasteiger charge is 2.52. The van der Waals surface area contributed by atoms with Gasteiger partial charge in [-0.3, -0.25) is 0 Å². The van der Waals surface area contributed by atoms with Crippen molar-refractivity contribution >= 4 is 102 Å². The van der Waals surface area contributed by atoms with Gasteiger partial charge in [-0.05, 0) is 171 Å². The molecule has 121 heavy (non-hydrogen) atoms. The Morgan fingerprint density at radius 1 is 0.190 bits per heavy atom. The SMILES string of the molecule is c1ccc(-c2cccc(-c3cccc(-c4cccc(-c5ccccc5)c4)c3N3c4cc(-n5c6ccccc6c6ccccc65)ccc4B4c5c3cc(-c3ccccc3)cc5N(c3c(-c5ccccc5)cccc3-c3ccccc3)c3cc5c6c(c34)Oc3ccc(-c4ccccc4)cc3B6c3cc(-c4ccccc4)cc(-c4ccccc4)c3O5)c2)cc1. The van der Waals surface area contributed by atoms with Crippen molar-refractivity contribution in [3.8, 4) is 140 Å². The van der Waals surface area contributed by atoms with Crippen LogP contribution in [-0.4, -0.2) is 18.0 Å². The number of para-hydroxylation sites is 4. The molecule has 0 amide bonds. The minimum Gasteiger partial charge on any atom is -0.459 e. The molecule has 0 atom stereocenters. The third-order valence-electron chi connectivity index (χ3n) is 25.3. The van der Waals surface area contributed by atoms with Crippen LogP contribution in [0.2, 0.25) is 0 Å². The van der Waals surface area contributed by atoms with Gasteiger partial charge in [0.1, 0.15) is 23.0 Å². The Kier molecular flexibility index (Phi) is 16.4. The van der Waals surface area contributed by atoms with Gasteiger partial charge >= 0.3 is 0 Å². The minimum atomic E-state index is -0.509. The summed E-state index contributed by atoms with van der Waals surface area (Å²) >= 11 is 0. The molecule has 1 aromatic heterocycles. The van der Waals surface area contributed by atoms with Crippen LogP contribution in [0.5, 0.6) is 23.0 Å². The molecule has 5 heterocycles. The second-order valence-corrected chi connectivity index (χ2v) is 32.0. The molecule has 0 aliphatic carbocycles. The summed E-state index contributed by atoms with van der Waals surface area (Å²) < 4.78 is 18.9. The number of fused-ring (bicyclic) bond motifs is 12. The van der Waals surface area contributed by atoms with E-state index in [1.807, 2.05) is 0 Å². The molecule has 562 valence electrons. The highest BCUT2D eigenvalue weighted by molar-refractivity contribution is 7.03. The van der Waals surface area contributed by atoms with Crippen molar-refractivity contribution in [3.63, 3.8) is 0 Å². The van der Waals surface area contributed by atoms with Crippen molar-refractivity contribution in [2.45, 2.75) is 0 Å². The fraction of sp³-hybridized carbons (Fsp3) is 0. The van der Waals surface area contributed by atoms with Crippen LogP contribution in [0.3, 0.4) is 0 Å². The summed E-state index contributed by atoms with van der Waals surface area (Å²) in [5.41, 5.74) is 37.5. The molecule has 0 unspecified atom stereocenters. The Labute approximate surface area is 704 Å². The summed E-state index contributed by atoms with van der Waals surface area (Å²) in [6.45, 7) is -0.904. The van der Waals surface area contributed by atoms with Crippen molar-refractivity contribution in [2.24, 2.45) is 0 Å². The number of nitrogens with zero attached hydrogens (tertiary/aromatic N) is 3. The molecule has 24 rings (SSSR count). The van der Waals surface area contributed by atoms with Crippen LogP contribution in [0.4, 0.5) is 34.1 Å². The van der Waals surface area contributed by atoms with Gasteiger partial charge in [-0.2, -0.15) is 0 Å². The third-order valence-corrected chi connectivity index (χ3v) is 25.3. The summed E-state index contributed by atoms with van der Waals surface area (Å²) in [6, 6.07) is 164. The van der Waals surface area contributed by atoms with Crippen LogP contribution in [0.25, 0.3) is 139 Å². The molecule has 0 bridgehead atoms. The quantitative estimate of drug-likeness (QED) is 0.108. The molecule has 0 saturated carbocycles. The lowest BCUT2D eigenvalue weighted by Gasteiger charge is -2.47. The van der Waals surface area contributed by atoms with Crippen LogP contribution in [-0.2, 0) is 0 Å². The van der Waals surface area contributed by atoms with Gasteiger partial charge in [0.05, 0.1) is 22.4 Å². The smallest absolute Gasteiger partial charge is 0.260 e. The number of ether oxygens (including phenoxy) is 2. The van der Waals surface area contributed by atoms with Gasteiger partial charge in [0, 0.05) is 78.6 Å². The van der Waals surface area contributed by atoms with E-state index in [0.717, 1.165) is 218 Å². The van der Waals surface area contributed by atoms with Gasteiger partial charge in [-0.15, -0.1) is 0 Å². The second kappa shape index (κ2) is 28.6. The molecule has 20 aromatic rings. The molecule has 19 aromatic carbocycles. The molecule has 0 saturated heterocycles. The van der Waals surface area contributed by atoms with E-state index in [9.17, 15) is 0 Å². The lowest BCUT2D eigenvalue weighted by molar-refractivity contribution is 0.468. The lowest BCUT2D eigenvalue weighted by atomic mass is 9.30. The number of benzene rings is 19. The Morgan fingerprint density at radius 3 is 1.06 bits per heavy atom. The molecule has 0 fully saturated rings. The maximum Gasteiger partial charge on any atom is 0.260 e. The van der Waals surface area contributed by atoms with Crippen LogP contribution in [0.1, 0.15) is 0 Å². The number of aromatic nitrogens is 1. The van der Waals surface area contributed by atoms with E-state index < -0.39 is 13.4 Å². The summed E-state index contributed by atoms with van der Waals surface area (Å²) in [6.07, 6.45) is 0. The lowest BCUT2D eigenvalue weighted by Crippen LogP contribution is -2.65. The zero-order valence-electron chi connectivity index (χ0n) is 66.0. The first-order chi connectivity index (χ1) is 60.0. The predicted octanol–water partition coefficient (Wildman–Crippen LogP) is 26.3. The summed E-state index contributed by atoms with van der Waals surface area (Å²) in [7, 11) is 0. The van der Waals surface area contributed by atoms with Crippen LogP contribution in [0, 0.1) is 0 Å². The average molecular weight is 1540 g/mol. The molecule has 4 aliphatic heterocycles. The number of anilines is 6. The molecule has 4 aliphatic rings. The molecule has 0 radical (unpaired) electrons. The van der Waals surface area contributed by atoms with Crippen molar-refractivity contribution in [1.82, 2.24) is 4.57 Å². The normalized spacial score (nSPS) is 12.5. The Bertz CT molecular complexity index is 7300. The Morgan fingerprint density at radius 2 is 0.562 bits per heavy atom. The van der Waals surface area contributed by atoms with E-state index in [-0.39, 0.29) is 0 Å². The highest BCUT2D eigenvalue weighted by atomic mass is 16.5. The van der Waals surface area contributed by atoms with Gasteiger partial charge in [0.2, 0.25) is 0 Å². The zero-order chi connectivity index (χ0) is 79.6. The molecule has 5 nitrogen and oxygen atoms in total. The van der Waals surface area contributed by atoms with E-state index in [0.29, 0.717) is 0 Å². The molecular weight excluding hydrogens is 1460 g/mol. The number of hydrogen-bond donors (Lipinski definition) is 0. The molecular formula is C114H73B2N3O2. The van der Waals surface area contributed by atoms with Crippen molar-refractivity contribution in [1.29, 1.82) is 0 Å². The van der Waals surface area contributed by atoms with E-state index >= 15 is 0 Å². The summed E-state index contributed by atoms with van der Waals surface area (Å²) in [4.78, 5) is 5.33. The fourth-order valence-corrected chi connectivity index (χ4v) is 19.9. The van der Waals surface area contributed by atoms with Gasteiger partial charge in [-0.25, -0.2) is 0 Å².